The minimum absolute atomic E-state index is 0.221. The van der Waals surface area contributed by atoms with Crippen LogP contribution in [0.1, 0.15) is 25.8 Å². The highest BCUT2D eigenvalue weighted by atomic mass is 16.5. The SMILES string of the molecule is C=COCCCNCc1ccc(OC(C)C)cc1. The van der Waals surface area contributed by atoms with Crippen molar-refractivity contribution in [3.8, 4) is 5.75 Å². The summed E-state index contributed by atoms with van der Waals surface area (Å²) in [4.78, 5) is 0. The van der Waals surface area contributed by atoms with E-state index >= 15 is 0 Å². The lowest BCUT2D eigenvalue weighted by Gasteiger charge is -2.10. The first-order valence-electron chi connectivity index (χ1n) is 6.41. The second-order valence-electron chi connectivity index (χ2n) is 4.38. The number of nitrogens with one attached hydrogen (secondary N) is 1. The Morgan fingerprint density at radius 1 is 1.28 bits per heavy atom. The van der Waals surface area contributed by atoms with E-state index in [4.69, 9.17) is 9.47 Å². The predicted octanol–water partition coefficient (Wildman–Crippen LogP) is 3.11. The Hall–Kier alpha value is -1.48. The summed E-state index contributed by atoms with van der Waals surface area (Å²) in [6.07, 6.45) is 2.69. The molecule has 0 heterocycles. The second kappa shape index (κ2) is 8.59. The van der Waals surface area contributed by atoms with Gasteiger partial charge in [-0.25, -0.2) is 0 Å². The summed E-state index contributed by atoms with van der Waals surface area (Å²) in [5.41, 5.74) is 1.26. The molecule has 0 saturated heterocycles. The van der Waals surface area contributed by atoms with Crippen molar-refractivity contribution >= 4 is 0 Å². The monoisotopic (exact) mass is 249 g/mol. The highest BCUT2D eigenvalue weighted by molar-refractivity contribution is 5.27. The second-order valence-corrected chi connectivity index (χ2v) is 4.38. The van der Waals surface area contributed by atoms with Crippen LogP contribution in [-0.2, 0) is 11.3 Å². The summed E-state index contributed by atoms with van der Waals surface area (Å²) in [6.45, 7) is 10.1. The zero-order valence-electron chi connectivity index (χ0n) is 11.3. The van der Waals surface area contributed by atoms with Gasteiger partial charge in [0.05, 0.1) is 19.0 Å². The topological polar surface area (TPSA) is 30.5 Å². The van der Waals surface area contributed by atoms with Crippen LogP contribution in [0.5, 0.6) is 5.75 Å². The van der Waals surface area contributed by atoms with Crippen LogP contribution in [0.15, 0.2) is 37.1 Å². The van der Waals surface area contributed by atoms with Crippen molar-refractivity contribution in [3.05, 3.63) is 42.7 Å². The molecule has 1 rings (SSSR count). The standard InChI is InChI=1S/C15H23NO2/c1-4-17-11-5-10-16-12-14-6-8-15(9-7-14)18-13(2)3/h4,6-9,13,16H,1,5,10-12H2,2-3H3. The summed E-state index contributed by atoms with van der Waals surface area (Å²) in [5, 5.41) is 3.37. The van der Waals surface area contributed by atoms with E-state index in [9.17, 15) is 0 Å². The molecule has 1 aromatic rings. The average Bonchev–Trinajstić information content (AvgIpc) is 2.35. The molecule has 0 atom stereocenters. The van der Waals surface area contributed by atoms with Crippen LogP contribution in [-0.4, -0.2) is 19.3 Å². The average molecular weight is 249 g/mol. The Balaban J connectivity index is 2.20. The first-order valence-corrected chi connectivity index (χ1v) is 6.41. The van der Waals surface area contributed by atoms with Crippen molar-refractivity contribution in [1.29, 1.82) is 0 Å². The zero-order valence-corrected chi connectivity index (χ0v) is 11.3. The highest BCUT2D eigenvalue weighted by Gasteiger charge is 1.98. The molecule has 0 amide bonds. The van der Waals surface area contributed by atoms with E-state index in [2.05, 4.69) is 24.0 Å². The molecule has 0 aliphatic heterocycles. The molecular formula is C15H23NO2. The first-order chi connectivity index (χ1) is 8.72. The lowest BCUT2D eigenvalue weighted by Crippen LogP contribution is -2.16. The maximum Gasteiger partial charge on any atom is 0.119 e. The van der Waals surface area contributed by atoms with Gasteiger partial charge in [-0.2, -0.15) is 0 Å². The van der Waals surface area contributed by atoms with E-state index in [0.717, 1.165) is 31.9 Å². The van der Waals surface area contributed by atoms with Crippen molar-refractivity contribution in [1.82, 2.24) is 5.32 Å². The third kappa shape index (κ3) is 6.30. The molecular weight excluding hydrogens is 226 g/mol. The maximum absolute atomic E-state index is 5.59. The molecule has 1 N–H and O–H groups in total. The van der Waals surface area contributed by atoms with E-state index in [0.29, 0.717) is 0 Å². The maximum atomic E-state index is 5.59. The van der Waals surface area contributed by atoms with Gasteiger partial charge in [-0.15, -0.1) is 0 Å². The van der Waals surface area contributed by atoms with Crippen molar-refractivity contribution in [2.24, 2.45) is 0 Å². The summed E-state index contributed by atoms with van der Waals surface area (Å²) in [7, 11) is 0. The van der Waals surface area contributed by atoms with E-state index < -0.39 is 0 Å². The molecule has 3 heteroatoms. The van der Waals surface area contributed by atoms with Crippen LogP contribution >= 0.6 is 0 Å². The molecule has 0 saturated carbocycles. The largest absolute Gasteiger partial charge is 0.502 e. The van der Waals surface area contributed by atoms with Gasteiger partial charge >= 0.3 is 0 Å². The lowest BCUT2D eigenvalue weighted by atomic mass is 10.2. The third-order valence-corrected chi connectivity index (χ3v) is 2.36. The van der Waals surface area contributed by atoms with E-state index in [-0.39, 0.29) is 6.10 Å². The van der Waals surface area contributed by atoms with Crippen LogP contribution in [0.25, 0.3) is 0 Å². The zero-order chi connectivity index (χ0) is 13.2. The molecule has 0 spiro atoms. The van der Waals surface area contributed by atoms with Crippen LogP contribution < -0.4 is 10.1 Å². The molecule has 0 aromatic heterocycles. The molecule has 0 aliphatic rings. The summed E-state index contributed by atoms with van der Waals surface area (Å²) in [5.74, 6) is 0.924. The number of rotatable bonds is 9. The van der Waals surface area contributed by atoms with Gasteiger partial charge in [0.2, 0.25) is 0 Å². The van der Waals surface area contributed by atoms with Crippen LogP contribution in [0, 0.1) is 0 Å². The molecule has 0 aliphatic carbocycles. The van der Waals surface area contributed by atoms with Gasteiger partial charge in [-0.3, -0.25) is 0 Å². The van der Waals surface area contributed by atoms with Crippen LogP contribution in [0.3, 0.4) is 0 Å². The van der Waals surface area contributed by atoms with E-state index in [1.165, 1.54) is 11.8 Å². The summed E-state index contributed by atoms with van der Waals surface area (Å²) >= 11 is 0. The Morgan fingerprint density at radius 3 is 2.61 bits per heavy atom. The van der Waals surface area contributed by atoms with Crippen molar-refractivity contribution in [2.75, 3.05) is 13.2 Å². The lowest BCUT2D eigenvalue weighted by molar-refractivity contribution is 0.242. The minimum Gasteiger partial charge on any atom is -0.502 e. The Bertz CT molecular complexity index is 333. The highest BCUT2D eigenvalue weighted by Crippen LogP contribution is 2.13. The van der Waals surface area contributed by atoms with Crippen molar-refractivity contribution in [3.63, 3.8) is 0 Å². The molecule has 0 fully saturated rings. The van der Waals surface area contributed by atoms with E-state index in [1.807, 2.05) is 26.0 Å². The Labute approximate surface area is 110 Å². The third-order valence-electron chi connectivity index (χ3n) is 2.36. The van der Waals surface area contributed by atoms with E-state index in [1.54, 1.807) is 0 Å². The number of ether oxygens (including phenoxy) is 2. The quantitative estimate of drug-likeness (QED) is 0.539. The normalized spacial score (nSPS) is 10.4. The van der Waals surface area contributed by atoms with Gasteiger partial charge in [-0.05, 0) is 44.5 Å². The van der Waals surface area contributed by atoms with Crippen LogP contribution in [0.2, 0.25) is 0 Å². The first kappa shape index (κ1) is 14.6. The number of hydrogen-bond donors (Lipinski definition) is 1. The van der Waals surface area contributed by atoms with Gasteiger partial charge in [0.25, 0.3) is 0 Å². The fourth-order valence-electron chi connectivity index (χ4n) is 1.55. The molecule has 0 bridgehead atoms. The van der Waals surface area contributed by atoms with Gasteiger partial charge < -0.3 is 14.8 Å². The fourth-order valence-corrected chi connectivity index (χ4v) is 1.55. The van der Waals surface area contributed by atoms with Crippen molar-refractivity contribution in [2.45, 2.75) is 32.9 Å². The number of benzene rings is 1. The van der Waals surface area contributed by atoms with Gasteiger partial charge in [0.1, 0.15) is 5.75 Å². The Morgan fingerprint density at radius 2 is 2.00 bits per heavy atom. The fraction of sp³-hybridized carbons (Fsp3) is 0.467. The molecule has 1 aromatic carbocycles. The molecule has 3 nitrogen and oxygen atoms in total. The smallest absolute Gasteiger partial charge is 0.119 e. The summed E-state index contributed by atoms with van der Waals surface area (Å²) < 4.78 is 10.6. The van der Waals surface area contributed by atoms with Crippen molar-refractivity contribution < 1.29 is 9.47 Å². The molecule has 18 heavy (non-hydrogen) atoms. The van der Waals surface area contributed by atoms with Gasteiger partial charge in [0.15, 0.2) is 0 Å². The number of hydrogen-bond acceptors (Lipinski definition) is 3. The minimum atomic E-state index is 0.221. The summed E-state index contributed by atoms with van der Waals surface area (Å²) in [6, 6.07) is 8.20. The Kier molecular flexibility index (Phi) is 6.96. The predicted molar refractivity (Wildman–Crippen MR) is 74.7 cm³/mol. The molecule has 0 unspecified atom stereocenters. The van der Waals surface area contributed by atoms with Gasteiger partial charge in [-0.1, -0.05) is 18.7 Å². The van der Waals surface area contributed by atoms with Gasteiger partial charge in [0, 0.05) is 6.54 Å². The van der Waals surface area contributed by atoms with Crippen LogP contribution in [0.4, 0.5) is 0 Å². The molecule has 0 radical (unpaired) electrons. The molecule has 100 valence electrons.